The molecule has 0 radical (unpaired) electrons. The minimum atomic E-state index is -0.531. The summed E-state index contributed by atoms with van der Waals surface area (Å²) in [7, 11) is 1.69. The van der Waals surface area contributed by atoms with Crippen molar-refractivity contribution in [1.82, 2.24) is 9.55 Å². The molecule has 0 aliphatic rings. The first-order valence-electron chi connectivity index (χ1n) is 5.58. The van der Waals surface area contributed by atoms with Crippen molar-refractivity contribution in [1.29, 1.82) is 0 Å². The summed E-state index contributed by atoms with van der Waals surface area (Å²) in [6.07, 6.45) is 2.19. The molecule has 0 fully saturated rings. The molecule has 0 N–H and O–H groups in total. The zero-order valence-electron chi connectivity index (χ0n) is 10.4. The van der Waals surface area contributed by atoms with Gasteiger partial charge in [-0.05, 0) is 27.3 Å². The number of hydrogen-bond acceptors (Lipinski definition) is 5. The highest BCUT2D eigenvalue weighted by molar-refractivity contribution is 7.12. The minimum absolute atomic E-state index is 0.147. The van der Waals surface area contributed by atoms with Gasteiger partial charge in [-0.2, -0.15) is 0 Å². The standard InChI is InChI=1S/C11H12ClN3O3S/c1-3-7-6-19-11(10(7)12)18-5-9-13-8(15(16)17)4-14(9)2/h4,6H,3,5H2,1-2H3. The van der Waals surface area contributed by atoms with E-state index in [1.54, 1.807) is 11.6 Å². The van der Waals surface area contributed by atoms with Gasteiger partial charge in [0.1, 0.15) is 6.20 Å². The smallest absolute Gasteiger partial charge is 0.381 e. The molecule has 2 aromatic rings. The van der Waals surface area contributed by atoms with E-state index in [-0.39, 0.29) is 12.4 Å². The van der Waals surface area contributed by atoms with Gasteiger partial charge >= 0.3 is 5.82 Å². The molecule has 0 bridgehead atoms. The van der Waals surface area contributed by atoms with Gasteiger partial charge in [0, 0.05) is 7.05 Å². The number of hydrogen-bond donors (Lipinski definition) is 0. The van der Waals surface area contributed by atoms with Gasteiger partial charge in [-0.1, -0.05) is 18.5 Å². The molecule has 0 amide bonds. The zero-order valence-corrected chi connectivity index (χ0v) is 12.0. The van der Waals surface area contributed by atoms with Gasteiger partial charge in [0.25, 0.3) is 5.82 Å². The molecule has 0 aromatic carbocycles. The third kappa shape index (κ3) is 2.87. The number of aromatic nitrogens is 2. The molecule has 0 atom stereocenters. The molecule has 102 valence electrons. The fourth-order valence-corrected chi connectivity index (χ4v) is 2.87. The number of nitro groups is 1. The second-order valence-corrected chi connectivity index (χ2v) is 5.11. The molecule has 19 heavy (non-hydrogen) atoms. The number of thiophene rings is 1. The highest BCUT2D eigenvalue weighted by Gasteiger charge is 2.18. The number of aryl methyl sites for hydroxylation is 2. The Bertz CT molecular complexity index is 608. The van der Waals surface area contributed by atoms with Gasteiger partial charge in [0.15, 0.2) is 11.7 Å². The summed E-state index contributed by atoms with van der Waals surface area (Å²) in [6.45, 7) is 2.16. The average Bonchev–Trinajstić information content (AvgIpc) is 2.91. The minimum Gasteiger partial charge on any atom is -0.472 e. The summed E-state index contributed by atoms with van der Waals surface area (Å²) in [5.41, 5.74) is 1.03. The maximum absolute atomic E-state index is 10.6. The van der Waals surface area contributed by atoms with Crippen molar-refractivity contribution in [3.05, 3.63) is 38.1 Å². The first kappa shape index (κ1) is 13.8. The number of imidazole rings is 1. The van der Waals surface area contributed by atoms with Gasteiger partial charge in [0.05, 0.1) is 5.02 Å². The molecule has 0 saturated heterocycles. The predicted octanol–water partition coefficient (Wildman–Crippen LogP) is 3.18. The van der Waals surface area contributed by atoms with Crippen LogP contribution in [0.5, 0.6) is 5.06 Å². The maximum atomic E-state index is 10.6. The van der Waals surface area contributed by atoms with Crippen LogP contribution < -0.4 is 4.74 Å². The Morgan fingerprint density at radius 1 is 1.63 bits per heavy atom. The Morgan fingerprint density at radius 2 is 2.37 bits per heavy atom. The van der Waals surface area contributed by atoms with E-state index in [0.29, 0.717) is 15.9 Å². The van der Waals surface area contributed by atoms with E-state index >= 15 is 0 Å². The van der Waals surface area contributed by atoms with E-state index in [4.69, 9.17) is 16.3 Å². The SMILES string of the molecule is CCc1csc(OCc2nc([N+](=O)[O-])cn2C)c1Cl. The number of ether oxygens (including phenoxy) is 1. The summed E-state index contributed by atoms with van der Waals surface area (Å²) in [4.78, 5) is 14.0. The van der Waals surface area contributed by atoms with Crippen LogP contribution in [0.25, 0.3) is 0 Å². The second kappa shape index (κ2) is 5.58. The van der Waals surface area contributed by atoms with Crippen LogP contribution in [0.3, 0.4) is 0 Å². The summed E-state index contributed by atoms with van der Waals surface area (Å²) < 4.78 is 7.13. The van der Waals surface area contributed by atoms with Crippen LogP contribution in [0, 0.1) is 10.1 Å². The lowest BCUT2D eigenvalue weighted by molar-refractivity contribution is -0.389. The van der Waals surface area contributed by atoms with E-state index in [9.17, 15) is 10.1 Å². The lowest BCUT2D eigenvalue weighted by atomic mass is 10.3. The Balaban J connectivity index is 2.10. The van der Waals surface area contributed by atoms with Crippen molar-refractivity contribution in [2.24, 2.45) is 7.05 Å². The molecule has 2 heterocycles. The molecule has 0 aliphatic carbocycles. The first-order valence-corrected chi connectivity index (χ1v) is 6.84. The van der Waals surface area contributed by atoms with Crippen molar-refractivity contribution in [2.45, 2.75) is 20.0 Å². The number of halogens is 1. The number of nitrogens with zero attached hydrogens (tertiary/aromatic N) is 3. The summed E-state index contributed by atoms with van der Waals surface area (Å²) in [5.74, 6) is 0.293. The van der Waals surface area contributed by atoms with Crippen LogP contribution >= 0.6 is 22.9 Å². The van der Waals surface area contributed by atoms with Gasteiger partial charge in [-0.25, -0.2) is 0 Å². The van der Waals surface area contributed by atoms with E-state index in [1.165, 1.54) is 17.5 Å². The normalized spacial score (nSPS) is 10.7. The van der Waals surface area contributed by atoms with Crippen LogP contribution in [0.1, 0.15) is 18.3 Å². The largest absolute Gasteiger partial charge is 0.472 e. The van der Waals surface area contributed by atoms with E-state index in [1.807, 2.05) is 12.3 Å². The van der Waals surface area contributed by atoms with E-state index in [0.717, 1.165) is 12.0 Å². The zero-order chi connectivity index (χ0) is 14.0. The molecule has 0 unspecified atom stereocenters. The molecule has 8 heteroatoms. The Morgan fingerprint density at radius 3 is 2.89 bits per heavy atom. The summed E-state index contributed by atoms with van der Waals surface area (Å²) in [6, 6.07) is 0. The van der Waals surface area contributed by atoms with Crippen LogP contribution in [-0.2, 0) is 20.1 Å². The van der Waals surface area contributed by atoms with E-state index < -0.39 is 4.92 Å². The van der Waals surface area contributed by atoms with Crippen molar-refractivity contribution in [2.75, 3.05) is 0 Å². The quantitative estimate of drug-likeness (QED) is 0.628. The molecule has 2 rings (SSSR count). The highest BCUT2D eigenvalue weighted by atomic mass is 35.5. The second-order valence-electron chi connectivity index (χ2n) is 3.89. The van der Waals surface area contributed by atoms with Crippen molar-refractivity contribution >= 4 is 28.8 Å². The fourth-order valence-electron chi connectivity index (χ4n) is 1.53. The predicted molar refractivity (Wildman–Crippen MR) is 72.9 cm³/mol. The summed E-state index contributed by atoms with van der Waals surface area (Å²) in [5, 5.41) is 13.8. The molecule has 0 saturated carbocycles. The lowest BCUT2D eigenvalue weighted by Crippen LogP contribution is -2.02. The number of rotatable bonds is 5. The molecule has 0 aliphatic heterocycles. The highest BCUT2D eigenvalue weighted by Crippen LogP contribution is 2.36. The third-order valence-electron chi connectivity index (χ3n) is 2.63. The van der Waals surface area contributed by atoms with Gasteiger partial charge < -0.3 is 19.4 Å². The van der Waals surface area contributed by atoms with Crippen molar-refractivity contribution < 1.29 is 9.66 Å². The first-order chi connectivity index (χ1) is 9.02. The Kier molecular flexibility index (Phi) is 4.06. The molecule has 2 aromatic heterocycles. The van der Waals surface area contributed by atoms with Gasteiger partial charge in [-0.3, -0.25) is 0 Å². The molecular weight excluding hydrogens is 290 g/mol. The maximum Gasteiger partial charge on any atom is 0.381 e. The topological polar surface area (TPSA) is 70.2 Å². The summed E-state index contributed by atoms with van der Waals surface area (Å²) >= 11 is 7.55. The molecule has 0 spiro atoms. The molecular formula is C11H12ClN3O3S. The van der Waals surface area contributed by atoms with Crippen LogP contribution in [0.4, 0.5) is 5.82 Å². The fraction of sp³-hybridized carbons (Fsp3) is 0.364. The van der Waals surface area contributed by atoms with Crippen molar-refractivity contribution in [3.63, 3.8) is 0 Å². The van der Waals surface area contributed by atoms with Crippen LogP contribution in [-0.4, -0.2) is 14.5 Å². The van der Waals surface area contributed by atoms with Crippen molar-refractivity contribution in [3.8, 4) is 5.06 Å². The van der Waals surface area contributed by atoms with E-state index in [2.05, 4.69) is 4.98 Å². The lowest BCUT2D eigenvalue weighted by Gasteiger charge is -2.01. The van der Waals surface area contributed by atoms with Gasteiger partial charge in [-0.15, -0.1) is 11.3 Å². The van der Waals surface area contributed by atoms with Crippen LogP contribution in [0.15, 0.2) is 11.6 Å². The Hall–Kier alpha value is -1.60. The van der Waals surface area contributed by atoms with Crippen LogP contribution in [0.2, 0.25) is 5.02 Å². The monoisotopic (exact) mass is 301 g/mol. The molecule has 6 nitrogen and oxygen atoms in total. The third-order valence-corrected chi connectivity index (χ3v) is 4.09. The Labute approximate surface area is 118 Å². The average molecular weight is 302 g/mol. The van der Waals surface area contributed by atoms with Gasteiger partial charge in [0.2, 0.25) is 0 Å².